The third kappa shape index (κ3) is 9.33. The van der Waals surface area contributed by atoms with Gasteiger partial charge in [0, 0.05) is 50.1 Å². The van der Waals surface area contributed by atoms with Crippen LogP contribution >= 0.6 is 0 Å². The third-order valence-electron chi connectivity index (χ3n) is 12.1. The molecular weight excluding hydrogens is 725 g/mol. The van der Waals surface area contributed by atoms with Crippen molar-refractivity contribution in [2.45, 2.75) is 114 Å². The Hall–Kier alpha value is -5.24. The van der Waals surface area contributed by atoms with E-state index in [9.17, 15) is 28.8 Å². The minimum absolute atomic E-state index is 0.122. The third-order valence-corrected chi connectivity index (χ3v) is 12.1. The number of rotatable bonds is 9. The van der Waals surface area contributed by atoms with Crippen molar-refractivity contribution in [3.05, 3.63) is 71.9 Å². The van der Waals surface area contributed by atoms with Crippen LogP contribution < -0.4 is 21.7 Å². The molecule has 6 amide bonds. The van der Waals surface area contributed by atoms with Gasteiger partial charge in [0.05, 0.1) is 0 Å². The molecule has 0 bridgehead atoms. The van der Waals surface area contributed by atoms with Gasteiger partial charge in [0.15, 0.2) is 0 Å². The first-order valence-corrected chi connectivity index (χ1v) is 20.6. The van der Waals surface area contributed by atoms with Crippen LogP contribution in [0.15, 0.2) is 60.8 Å². The van der Waals surface area contributed by atoms with Gasteiger partial charge in [-0.2, -0.15) is 0 Å². The number of H-pyrrole nitrogens is 1. The van der Waals surface area contributed by atoms with E-state index in [1.54, 1.807) is 11.9 Å². The maximum absolute atomic E-state index is 14.8. The fraction of sp³-hybridized carbons (Fsp3) is 0.535. The zero-order chi connectivity index (χ0) is 40.6. The van der Waals surface area contributed by atoms with E-state index in [1.807, 2.05) is 74.6 Å². The number of aromatic nitrogens is 1. The van der Waals surface area contributed by atoms with Crippen LogP contribution in [0, 0.1) is 5.92 Å². The number of benzene rings is 2. The SMILES string of the molecule is CC[C@H](C)[C@@H]1NC(=O)[C@@H](Cc2c[nH]c3ccccc23)NC(=O)[C@@H]2CCCN2C(=O)[C@@H](Cc2ccccc2)N(C)C(=O)[C@H](CCCN)NC(=O)[C@H]2CCCCN2C1=O. The van der Waals surface area contributed by atoms with Crippen molar-refractivity contribution in [2.24, 2.45) is 11.7 Å². The molecule has 0 spiro atoms. The van der Waals surface area contributed by atoms with Crippen LogP contribution in [0.5, 0.6) is 0 Å². The number of nitrogens with zero attached hydrogens (tertiary/aromatic N) is 3. The number of likely N-dealkylation sites (N-methyl/N-ethyl adjacent to an activating group) is 1. The van der Waals surface area contributed by atoms with Crippen molar-refractivity contribution in [2.75, 3.05) is 26.7 Å². The Balaban J connectivity index is 1.42. The van der Waals surface area contributed by atoms with E-state index >= 15 is 0 Å². The zero-order valence-electron chi connectivity index (χ0n) is 33.4. The van der Waals surface area contributed by atoms with Crippen molar-refractivity contribution in [1.82, 2.24) is 35.6 Å². The van der Waals surface area contributed by atoms with Crippen molar-refractivity contribution in [3.63, 3.8) is 0 Å². The molecule has 0 radical (unpaired) electrons. The Labute approximate surface area is 334 Å². The molecule has 0 aliphatic carbocycles. The molecule has 1 aromatic heterocycles. The molecule has 57 heavy (non-hydrogen) atoms. The van der Waals surface area contributed by atoms with Crippen LogP contribution in [0.2, 0.25) is 0 Å². The molecule has 7 atom stereocenters. The topological polar surface area (TPSA) is 190 Å². The fourth-order valence-electron chi connectivity index (χ4n) is 8.55. The first-order chi connectivity index (χ1) is 27.5. The average molecular weight is 783 g/mol. The second-order valence-corrected chi connectivity index (χ2v) is 15.9. The molecule has 3 fully saturated rings. The molecule has 2 aromatic carbocycles. The van der Waals surface area contributed by atoms with Gasteiger partial charge < -0.3 is 41.4 Å². The number of hydrogen-bond acceptors (Lipinski definition) is 7. The predicted octanol–water partition coefficient (Wildman–Crippen LogP) is 2.41. The summed E-state index contributed by atoms with van der Waals surface area (Å²) in [6, 6.07) is 11.2. The molecule has 3 aliphatic rings. The lowest BCUT2D eigenvalue weighted by Gasteiger charge is -2.40. The summed E-state index contributed by atoms with van der Waals surface area (Å²) in [5, 5.41) is 9.87. The monoisotopic (exact) mass is 782 g/mol. The first-order valence-electron chi connectivity index (χ1n) is 20.6. The summed E-state index contributed by atoms with van der Waals surface area (Å²) in [6.07, 6.45) is 6.03. The van der Waals surface area contributed by atoms with E-state index in [4.69, 9.17) is 5.73 Å². The molecule has 14 heteroatoms. The summed E-state index contributed by atoms with van der Waals surface area (Å²) in [6.45, 7) is 4.70. The maximum Gasteiger partial charge on any atom is 0.246 e. The summed E-state index contributed by atoms with van der Waals surface area (Å²) in [5.74, 6) is -3.01. The summed E-state index contributed by atoms with van der Waals surface area (Å²) >= 11 is 0. The minimum atomic E-state index is -1.10. The molecule has 3 aromatic rings. The predicted molar refractivity (Wildman–Crippen MR) is 216 cm³/mol. The largest absolute Gasteiger partial charge is 0.361 e. The standard InChI is InChI=1S/C43H58N8O6/c1-4-27(2)37-43(57)51-22-11-10-19-34(51)39(53)46-32(18-12-21-44)41(55)49(3)36(24-28-14-6-5-7-15-28)42(56)50-23-13-20-35(50)40(54)47-33(38(52)48-37)25-29-26-45-31-17-9-8-16-30(29)31/h5-9,14-17,26-27,32-37,45H,4,10-13,18-25,44H2,1-3H3,(H,46,53)(H,47,54)(H,48,52)/t27-,32-,33+,34+,35-,36+,37-/m0/s1. The van der Waals surface area contributed by atoms with Gasteiger partial charge in [-0.15, -0.1) is 0 Å². The fourth-order valence-corrected chi connectivity index (χ4v) is 8.55. The van der Waals surface area contributed by atoms with Crippen LogP contribution in [-0.4, -0.2) is 118 Å². The molecule has 3 aliphatic heterocycles. The van der Waals surface area contributed by atoms with E-state index in [1.165, 1.54) is 9.80 Å². The molecule has 0 unspecified atom stereocenters. The highest BCUT2D eigenvalue weighted by Gasteiger charge is 2.44. The molecule has 6 rings (SSSR count). The Kier molecular flexibility index (Phi) is 13.7. The summed E-state index contributed by atoms with van der Waals surface area (Å²) in [7, 11) is 1.56. The number of carbonyl (C=O) groups is 6. The lowest BCUT2D eigenvalue weighted by atomic mass is 9.93. The number of aromatic amines is 1. The minimum Gasteiger partial charge on any atom is -0.361 e. The Morgan fingerprint density at radius 1 is 0.737 bits per heavy atom. The number of hydrogen-bond donors (Lipinski definition) is 5. The van der Waals surface area contributed by atoms with Gasteiger partial charge in [-0.1, -0.05) is 68.8 Å². The van der Waals surface area contributed by atoms with Gasteiger partial charge in [0.2, 0.25) is 35.4 Å². The van der Waals surface area contributed by atoms with Crippen LogP contribution in [0.4, 0.5) is 0 Å². The Morgan fingerprint density at radius 2 is 1.39 bits per heavy atom. The normalized spacial score (nSPS) is 26.3. The summed E-state index contributed by atoms with van der Waals surface area (Å²) < 4.78 is 0. The number of nitrogens with one attached hydrogen (secondary N) is 4. The van der Waals surface area contributed by atoms with Gasteiger partial charge in [-0.25, -0.2) is 0 Å². The Morgan fingerprint density at radius 3 is 2.11 bits per heavy atom. The second-order valence-electron chi connectivity index (χ2n) is 15.9. The molecule has 3 saturated heterocycles. The van der Waals surface area contributed by atoms with Crippen LogP contribution in [0.3, 0.4) is 0 Å². The highest BCUT2D eigenvalue weighted by Crippen LogP contribution is 2.26. The van der Waals surface area contributed by atoms with Crippen LogP contribution in [-0.2, 0) is 41.6 Å². The van der Waals surface area contributed by atoms with Gasteiger partial charge in [-0.3, -0.25) is 28.8 Å². The molecule has 4 heterocycles. The molecule has 6 N–H and O–H groups in total. The van der Waals surface area contributed by atoms with Crippen molar-refractivity contribution < 1.29 is 28.8 Å². The summed E-state index contributed by atoms with van der Waals surface area (Å²) in [4.78, 5) is 94.8. The van der Waals surface area contributed by atoms with Gasteiger partial charge in [0.25, 0.3) is 0 Å². The number of nitrogens with two attached hydrogens (primary N) is 1. The molecule has 14 nitrogen and oxygen atoms in total. The molecule has 0 saturated carbocycles. The van der Waals surface area contributed by atoms with Gasteiger partial charge in [0.1, 0.15) is 36.3 Å². The highest BCUT2D eigenvalue weighted by molar-refractivity contribution is 5.99. The van der Waals surface area contributed by atoms with E-state index in [-0.39, 0.29) is 37.6 Å². The maximum atomic E-state index is 14.8. The van der Waals surface area contributed by atoms with Gasteiger partial charge in [-0.05, 0) is 74.6 Å². The number of carbonyl (C=O) groups excluding carboxylic acids is 6. The van der Waals surface area contributed by atoms with Crippen molar-refractivity contribution >= 4 is 46.3 Å². The van der Waals surface area contributed by atoms with Crippen molar-refractivity contribution in [1.29, 1.82) is 0 Å². The van der Waals surface area contributed by atoms with Gasteiger partial charge >= 0.3 is 0 Å². The van der Waals surface area contributed by atoms with E-state index in [0.29, 0.717) is 58.0 Å². The van der Waals surface area contributed by atoms with Crippen LogP contribution in [0.25, 0.3) is 10.9 Å². The highest BCUT2D eigenvalue weighted by atomic mass is 16.2. The Bertz CT molecular complexity index is 1920. The number of piperidine rings is 1. The first kappa shape index (κ1) is 41.4. The zero-order valence-corrected chi connectivity index (χ0v) is 33.4. The lowest BCUT2D eigenvalue weighted by molar-refractivity contribution is -0.150. The number of para-hydroxylation sites is 1. The van der Waals surface area contributed by atoms with Crippen LogP contribution in [0.1, 0.15) is 76.3 Å². The average Bonchev–Trinajstić information content (AvgIpc) is 3.90. The lowest BCUT2D eigenvalue weighted by Crippen LogP contribution is -2.63. The van der Waals surface area contributed by atoms with Crippen molar-refractivity contribution in [3.8, 4) is 0 Å². The second kappa shape index (κ2) is 18.8. The quantitative estimate of drug-likeness (QED) is 0.220. The number of amides is 6. The van der Waals surface area contributed by atoms with E-state index in [2.05, 4.69) is 20.9 Å². The van der Waals surface area contributed by atoms with E-state index in [0.717, 1.165) is 22.0 Å². The molecular formula is C43H58N8O6. The number of fused-ring (bicyclic) bond motifs is 3. The molecule has 306 valence electrons. The van der Waals surface area contributed by atoms with E-state index < -0.39 is 65.8 Å². The smallest absolute Gasteiger partial charge is 0.246 e. The summed E-state index contributed by atoms with van der Waals surface area (Å²) in [5.41, 5.74) is 8.40.